The Labute approximate surface area is 76.8 Å². The largest absolute Gasteiger partial charge is 0.478 e. The first-order chi connectivity index (χ1) is 5.84. The predicted octanol–water partition coefficient (Wildman–Crippen LogP) is 0.684. The molecule has 0 aliphatic rings. The number of hydrogen-bond acceptors (Lipinski definition) is 3. The average Bonchev–Trinajstić information content (AvgIpc) is 1.95. The minimum absolute atomic E-state index is 0.211. The van der Waals surface area contributed by atoms with Crippen molar-refractivity contribution in [2.75, 3.05) is 0 Å². The third kappa shape index (κ3) is 6.30. The Hall–Kier alpha value is -0.880. The van der Waals surface area contributed by atoms with Gasteiger partial charge in [0, 0.05) is 6.08 Å². The summed E-state index contributed by atoms with van der Waals surface area (Å²) in [5.74, 6) is -1.07. The van der Waals surface area contributed by atoms with Crippen molar-refractivity contribution >= 4 is 16.1 Å². The molecule has 0 aliphatic carbocycles. The van der Waals surface area contributed by atoms with E-state index in [1.165, 1.54) is 13.0 Å². The van der Waals surface area contributed by atoms with Gasteiger partial charge in [-0.3, -0.25) is 4.55 Å². The standard InChI is InChI=1S/C7H12O5S/c1-6(13(10,11)12)4-2-3-5-7(8)9/h3,5-6H,2,4H2,1H3,(H,8,9)(H,10,11,12). The molecule has 13 heavy (non-hydrogen) atoms. The molecular formula is C7H12O5S. The number of carboxylic acid groups (broad SMARTS) is 1. The number of carboxylic acids is 1. The van der Waals surface area contributed by atoms with Crippen LogP contribution in [-0.2, 0) is 14.9 Å². The van der Waals surface area contributed by atoms with Gasteiger partial charge in [-0.15, -0.1) is 0 Å². The van der Waals surface area contributed by atoms with E-state index in [0.717, 1.165) is 6.08 Å². The van der Waals surface area contributed by atoms with Crippen LogP contribution < -0.4 is 0 Å². The highest BCUT2D eigenvalue weighted by Crippen LogP contribution is 2.06. The van der Waals surface area contributed by atoms with Crippen LogP contribution in [0.15, 0.2) is 12.2 Å². The van der Waals surface area contributed by atoms with E-state index in [1.807, 2.05) is 0 Å². The lowest BCUT2D eigenvalue weighted by Crippen LogP contribution is -2.15. The number of carbonyl (C=O) groups is 1. The van der Waals surface area contributed by atoms with Gasteiger partial charge < -0.3 is 5.11 Å². The molecule has 0 saturated heterocycles. The zero-order chi connectivity index (χ0) is 10.5. The molecular weight excluding hydrogens is 196 g/mol. The summed E-state index contributed by atoms with van der Waals surface area (Å²) in [6.07, 6.45) is 2.82. The first kappa shape index (κ1) is 12.1. The van der Waals surface area contributed by atoms with E-state index in [-0.39, 0.29) is 6.42 Å². The number of allylic oxidation sites excluding steroid dienone is 1. The molecule has 2 N–H and O–H groups in total. The van der Waals surface area contributed by atoms with Gasteiger partial charge in [0.05, 0.1) is 5.25 Å². The lowest BCUT2D eigenvalue weighted by Gasteiger charge is -2.04. The molecule has 5 nitrogen and oxygen atoms in total. The van der Waals surface area contributed by atoms with E-state index in [9.17, 15) is 13.2 Å². The molecule has 0 spiro atoms. The van der Waals surface area contributed by atoms with Gasteiger partial charge in [-0.05, 0) is 19.8 Å². The van der Waals surface area contributed by atoms with E-state index in [4.69, 9.17) is 9.66 Å². The van der Waals surface area contributed by atoms with Gasteiger partial charge in [-0.1, -0.05) is 6.08 Å². The average molecular weight is 208 g/mol. The first-order valence-electron chi connectivity index (χ1n) is 3.70. The zero-order valence-electron chi connectivity index (χ0n) is 7.17. The van der Waals surface area contributed by atoms with Crippen LogP contribution in [0.4, 0.5) is 0 Å². The smallest absolute Gasteiger partial charge is 0.327 e. The number of rotatable bonds is 5. The third-order valence-electron chi connectivity index (χ3n) is 1.51. The van der Waals surface area contributed by atoms with Gasteiger partial charge >= 0.3 is 5.97 Å². The molecule has 1 atom stereocenters. The fourth-order valence-electron chi connectivity index (χ4n) is 0.664. The highest BCUT2D eigenvalue weighted by Gasteiger charge is 2.15. The molecule has 1 unspecified atom stereocenters. The molecule has 6 heteroatoms. The van der Waals surface area contributed by atoms with Crippen LogP contribution in [0.2, 0.25) is 0 Å². The maximum absolute atomic E-state index is 10.5. The van der Waals surface area contributed by atoms with Crippen molar-refractivity contribution in [3.8, 4) is 0 Å². The Morgan fingerprint density at radius 3 is 2.46 bits per heavy atom. The molecule has 0 amide bonds. The van der Waals surface area contributed by atoms with Crippen LogP contribution in [0, 0.1) is 0 Å². The lowest BCUT2D eigenvalue weighted by atomic mass is 10.2. The van der Waals surface area contributed by atoms with Crippen LogP contribution in [0.25, 0.3) is 0 Å². The summed E-state index contributed by atoms with van der Waals surface area (Å²) >= 11 is 0. The van der Waals surface area contributed by atoms with Gasteiger partial charge in [0.15, 0.2) is 0 Å². The summed E-state index contributed by atoms with van der Waals surface area (Å²) in [4.78, 5) is 9.99. The second-order valence-corrected chi connectivity index (χ2v) is 4.48. The van der Waals surface area contributed by atoms with Gasteiger partial charge in [-0.25, -0.2) is 4.79 Å². The molecule has 0 fully saturated rings. The van der Waals surface area contributed by atoms with E-state index in [2.05, 4.69) is 0 Å². The van der Waals surface area contributed by atoms with Crippen LogP contribution in [0.3, 0.4) is 0 Å². The molecule has 0 heterocycles. The Bertz CT molecular complexity index is 290. The number of hydrogen-bond donors (Lipinski definition) is 2. The Morgan fingerprint density at radius 2 is 2.08 bits per heavy atom. The molecule has 0 aromatic heterocycles. The maximum Gasteiger partial charge on any atom is 0.327 e. The van der Waals surface area contributed by atoms with Crippen LogP contribution in [0.5, 0.6) is 0 Å². The van der Waals surface area contributed by atoms with Gasteiger partial charge in [0.25, 0.3) is 10.1 Å². The van der Waals surface area contributed by atoms with Crippen LogP contribution in [-0.4, -0.2) is 29.3 Å². The van der Waals surface area contributed by atoms with Gasteiger partial charge in [-0.2, -0.15) is 8.42 Å². The fraction of sp³-hybridized carbons (Fsp3) is 0.571. The summed E-state index contributed by atoms with van der Waals surface area (Å²) in [7, 11) is -3.98. The topological polar surface area (TPSA) is 91.7 Å². The molecule has 0 bridgehead atoms. The monoisotopic (exact) mass is 208 g/mol. The number of aliphatic carboxylic acids is 1. The molecule has 76 valence electrons. The zero-order valence-corrected chi connectivity index (χ0v) is 7.99. The second kappa shape index (κ2) is 4.98. The maximum atomic E-state index is 10.5. The lowest BCUT2D eigenvalue weighted by molar-refractivity contribution is -0.131. The molecule has 0 aliphatic heterocycles. The highest BCUT2D eigenvalue weighted by atomic mass is 32.2. The van der Waals surface area contributed by atoms with Crippen molar-refractivity contribution in [2.45, 2.75) is 25.0 Å². The predicted molar refractivity (Wildman–Crippen MR) is 47.0 cm³/mol. The van der Waals surface area contributed by atoms with E-state index in [1.54, 1.807) is 0 Å². The first-order valence-corrected chi connectivity index (χ1v) is 5.20. The third-order valence-corrected chi connectivity index (χ3v) is 2.76. The summed E-state index contributed by atoms with van der Waals surface area (Å²) in [5.41, 5.74) is 0. The molecule has 0 aromatic carbocycles. The Kier molecular flexibility index (Phi) is 4.64. The van der Waals surface area contributed by atoms with E-state index < -0.39 is 21.3 Å². The van der Waals surface area contributed by atoms with Crippen LogP contribution >= 0.6 is 0 Å². The van der Waals surface area contributed by atoms with E-state index in [0.29, 0.717) is 6.42 Å². The summed E-state index contributed by atoms with van der Waals surface area (Å²) < 4.78 is 29.5. The minimum atomic E-state index is -3.98. The van der Waals surface area contributed by atoms with Crippen molar-refractivity contribution < 1.29 is 22.9 Å². The highest BCUT2D eigenvalue weighted by molar-refractivity contribution is 7.86. The molecule has 0 aromatic rings. The van der Waals surface area contributed by atoms with Gasteiger partial charge in [0.1, 0.15) is 0 Å². The van der Waals surface area contributed by atoms with Crippen molar-refractivity contribution in [3.63, 3.8) is 0 Å². The van der Waals surface area contributed by atoms with Crippen molar-refractivity contribution in [2.24, 2.45) is 0 Å². The SMILES string of the molecule is CC(CCC=CC(=O)O)S(=O)(=O)O. The molecule has 0 radical (unpaired) electrons. The normalized spacial score (nSPS) is 14.6. The van der Waals surface area contributed by atoms with Crippen molar-refractivity contribution in [1.29, 1.82) is 0 Å². The Balaban J connectivity index is 3.86. The van der Waals surface area contributed by atoms with Crippen LogP contribution in [0.1, 0.15) is 19.8 Å². The van der Waals surface area contributed by atoms with Gasteiger partial charge in [0.2, 0.25) is 0 Å². The summed E-state index contributed by atoms with van der Waals surface area (Å²) in [6.45, 7) is 1.37. The minimum Gasteiger partial charge on any atom is -0.478 e. The summed E-state index contributed by atoms with van der Waals surface area (Å²) in [6, 6.07) is 0. The van der Waals surface area contributed by atoms with Crippen molar-refractivity contribution in [1.82, 2.24) is 0 Å². The molecule has 0 rings (SSSR count). The quantitative estimate of drug-likeness (QED) is 0.512. The summed E-state index contributed by atoms with van der Waals surface area (Å²) in [5, 5.41) is 7.33. The Morgan fingerprint density at radius 1 is 1.54 bits per heavy atom. The second-order valence-electron chi connectivity index (χ2n) is 2.64. The fourth-order valence-corrected chi connectivity index (χ4v) is 1.10. The van der Waals surface area contributed by atoms with E-state index >= 15 is 0 Å². The molecule has 0 saturated carbocycles. The van der Waals surface area contributed by atoms with Crippen molar-refractivity contribution in [3.05, 3.63) is 12.2 Å².